The van der Waals surface area contributed by atoms with E-state index in [1.165, 1.54) is 11.3 Å². The second kappa shape index (κ2) is 12.6. The molecule has 4 aliphatic heterocycles. The van der Waals surface area contributed by atoms with Gasteiger partial charge in [-0.05, 0) is 44.6 Å². The third kappa shape index (κ3) is 6.22. The van der Waals surface area contributed by atoms with Crippen LogP contribution in [0, 0.1) is 5.92 Å². The summed E-state index contributed by atoms with van der Waals surface area (Å²) in [6.07, 6.45) is 11.4. The second-order valence-electron chi connectivity index (χ2n) is 11.7. The Morgan fingerprint density at radius 2 is 2.05 bits per heavy atom. The topological polar surface area (TPSA) is 112 Å². The maximum Gasteiger partial charge on any atom is 0.228 e. The first-order chi connectivity index (χ1) is 17.8. The van der Waals surface area contributed by atoms with Crippen LogP contribution in [0.5, 0.6) is 0 Å². The predicted octanol–water partition coefficient (Wildman–Crippen LogP) is 2.28. The highest BCUT2D eigenvalue weighted by Crippen LogP contribution is 2.47. The molecule has 0 radical (unpaired) electrons. The molecular weight excluding hydrogens is 469 g/mol. The van der Waals surface area contributed by atoms with Gasteiger partial charge in [0.1, 0.15) is 6.17 Å². The van der Waals surface area contributed by atoms with Crippen molar-refractivity contribution >= 4 is 5.91 Å². The molecule has 210 valence electrons. The highest BCUT2D eigenvalue weighted by atomic mass is 19.1. The number of amides is 1. The van der Waals surface area contributed by atoms with Crippen molar-refractivity contribution in [1.82, 2.24) is 26.0 Å². The first kappa shape index (κ1) is 28.5. The van der Waals surface area contributed by atoms with Gasteiger partial charge in [-0.2, -0.15) is 0 Å². The fraction of sp³-hybridized carbons (Fsp3) is 0.821. The van der Waals surface area contributed by atoms with E-state index in [9.17, 15) is 9.18 Å². The third-order valence-electron chi connectivity index (χ3n) is 8.85. The summed E-state index contributed by atoms with van der Waals surface area (Å²) in [5, 5.41) is 9.10. The van der Waals surface area contributed by atoms with Crippen molar-refractivity contribution in [3.8, 4) is 0 Å². The van der Waals surface area contributed by atoms with E-state index in [1.807, 2.05) is 6.08 Å². The highest BCUT2D eigenvalue weighted by molar-refractivity contribution is 5.81. The monoisotopic (exact) mass is 519 g/mol. The summed E-state index contributed by atoms with van der Waals surface area (Å²) in [6.45, 7) is 9.33. The van der Waals surface area contributed by atoms with Crippen molar-refractivity contribution in [2.45, 2.75) is 115 Å². The van der Waals surface area contributed by atoms with Crippen molar-refractivity contribution in [2.24, 2.45) is 17.4 Å². The molecule has 0 aromatic rings. The number of hydrogen-bond acceptors (Lipinski definition) is 7. The molecule has 4 heterocycles. The minimum atomic E-state index is -1.03. The molecular formula is C28H50FN7O. The van der Waals surface area contributed by atoms with Crippen LogP contribution in [0.15, 0.2) is 23.4 Å². The number of hydrogen-bond donors (Lipinski definition) is 5. The number of halogens is 1. The summed E-state index contributed by atoms with van der Waals surface area (Å²) >= 11 is 0. The molecule has 4 aliphatic rings. The zero-order valence-electron chi connectivity index (χ0n) is 23.1. The Morgan fingerprint density at radius 3 is 2.73 bits per heavy atom. The molecule has 4 rings (SSSR count). The van der Waals surface area contributed by atoms with Crippen molar-refractivity contribution < 1.29 is 9.18 Å². The van der Waals surface area contributed by atoms with Gasteiger partial charge < -0.3 is 27.1 Å². The van der Waals surface area contributed by atoms with Crippen LogP contribution in [0.4, 0.5) is 4.39 Å². The van der Waals surface area contributed by atoms with Crippen molar-refractivity contribution in [3.05, 3.63) is 23.4 Å². The largest absolute Gasteiger partial charge is 0.346 e. The molecule has 9 heteroatoms. The Kier molecular flexibility index (Phi) is 9.67. The van der Waals surface area contributed by atoms with Crippen LogP contribution >= 0.6 is 0 Å². The van der Waals surface area contributed by atoms with Crippen molar-refractivity contribution in [2.75, 3.05) is 26.2 Å². The van der Waals surface area contributed by atoms with E-state index in [1.54, 1.807) is 6.08 Å². The maximum atomic E-state index is 14.5. The number of carbonyl (C=O) groups is 1. The molecule has 2 saturated heterocycles. The lowest BCUT2D eigenvalue weighted by Crippen LogP contribution is -2.73. The Bertz CT molecular complexity index is 848. The van der Waals surface area contributed by atoms with Gasteiger partial charge in [0, 0.05) is 43.8 Å². The molecule has 6 atom stereocenters. The number of alkyl halides is 1. The number of nitrogens with zero attached hydrogens (tertiary/aromatic N) is 2. The fourth-order valence-electron chi connectivity index (χ4n) is 6.84. The van der Waals surface area contributed by atoms with E-state index in [2.05, 4.69) is 46.7 Å². The van der Waals surface area contributed by atoms with E-state index in [4.69, 9.17) is 11.5 Å². The molecule has 8 nitrogen and oxygen atoms in total. The Hall–Kier alpha value is -1.52. The zero-order chi connectivity index (χ0) is 26.6. The molecule has 0 aromatic carbocycles. The summed E-state index contributed by atoms with van der Waals surface area (Å²) in [7, 11) is 0. The lowest BCUT2D eigenvalue weighted by molar-refractivity contribution is -0.141. The smallest absolute Gasteiger partial charge is 0.228 e. The van der Waals surface area contributed by atoms with Crippen LogP contribution in [-0.2, 0) is 4.79 Å². The lowest BCUT2D eigenvalue weighted by atomic mass is 9.68. The van der Waals surface area contributed by atoms with Gasteiger partial charge in [-0.1, -0.05) is 51.7 Å². The van der Waals surface area contributed by atoms with Crippen LogP contribution in [0.2, 0.25) is 0 Å². The average molecular weight is 520 g/mol. The van der Waals surface area contributed by atoms with Gasteiger partial charge in [0.05, 0.1) is 23.8 Å². The van der Waals surface area contributed by atoms with Gasteiger partial charge in [0.15, 0.2) is 0 Å². The molecule has 0 spiro atoms. The van der Waals surface area contributed by atoms with Crippen LogP contribution in [0.1, 0.15) is 78.6 Å². The van der Waals surface area contributed by atoms with E-state index in [0.29, 0.717) is 19.1 Å². The molecule has 6 unspecified atom stereocenters. The zero-order valence-corrected chi connectivity index (χ0v) is 23.1. The summed E-state index contributed by atoms with van der Waals surface area (Å²) in [5.74, 6) is -0.717. The number of fused-ring (bicyclic) bond motifs is 1. The summed E-state index contributed by atoms with van der Waals surface area (Å²) in [6, 6.07) is 0.100. The number of nitrogens with one attached hydrogen (secondary N) is 3. The van der Waals surface area contributed by atoms with E-state index in [-0.39, 0.29) is 23.5 Å². The SMILES string of the molecule is CCCCCC12C=CC(F)CN1C(C(C(=O)NC1CNCC(CCCC)=C1N1CCC(C)N1)C(N)N)C2. The first-order valence-electron chi connectivity index (χ1n) is 14.7. The normalized spacial score (nSPS) is 33.0. The molecule has 0 bridgehead atoms. The number of unbranched alkanes of at least 4 members (excludes halogenated alkanes) is 3. The quantitative estimate of drug-likeness (QED) is 0.153. The minimum Gasteiger partial charge on any atom is -0.346 e. The van der Waals surface area contributed by atoms with E-state index < -0.39 is 18.3 Å². The van der Waals surface area contributed by atoms with Crippen LogP contribution in [-0.4, -0.2) is 78.0 Å². The number of carbonyl (C=O) groups excluding carboxylic acids is 1. The van der Waals surface area contributed by atoms with Gasteiger partial charge in [0.25, 0.3) is 0 Å². The average Bonchev–Trinajstić information content (AvgIpc) is 3.28. The van der Waals surface area contributed by atoms with Crippen LogP contribution < -0.4 is 27.5 Å². The summed E-state index contributed by atoms with van der Waals surface area (Å²) < 4.78 is 14.5. The fourth-order valence-corrected chi connectivity index (χ4v) is 6.84. The van der Waals surface area contributed by atoms with E-state index in [0.717, 1.165) is 70.9 Å². The molecule has 7 N–H and O–H groups in total. The Morgan fingerprint density at radius 1 is 1.27 bits per heavy atom. The van der Waals surface area contributed by atoms with Crippen LogP contribution in [0.3, 0.4) is 0 Å². The summed E-state index contributed by atoms with van der Waals surface area (Å²) in [4.78, 5) is 16.0. The highest BCUT2D eigenvalue weighted by Gasteiger charge is 2.56. The van der Waals surface area contributed by atoms with Gasteiger partial charge in [-0.15, -0.1) is 0 Å². The molecule has 0 saturated carbocycles. The van der Waals surface area contributed by atoms with Gasteiger partial charge in [0.2, 0.25) is 5.91 Å². The number of hydrazine groups is 1. The second-order valence-corrected chi connectivity index (χ2v) is 11.7. The molecule has 37 heavy (non-hydrogen) atoms. The van der Waals surface area contributed by atoms with Crippen molar-refractivity contribution in [1.29, 1.82) is 0 Å². The number of rotatable bonds is 12. The Labute approximate surface area is 222 Å². The van der Waals surface area contributed by atoms with Gasteiger partial charge >= 0.3 is 0 Å². The Balaban J connectivity index is 1.52. The maximum absolute atomic E-state index is 14.5. The molecule has 2 fully saturated rings. The van der Waals surface area contributed by atoms with Crippen molar-refractivity contribution in [3.63, 3.8) is 0 Å². The molecule has 0 aromatic heterocycles. The number of nitrogens with two attached hydrogens (primary N) is 2. The third-order valence-corrected chi connectivity index (χ3v) is 8.85. The minimum absolute atomic E-state index is 0.125. The predicted molar refractivity (Wildman–Crippen MR) is 147 cm³/mol. The standard InChI is InChI=1S/C28H50FN7O/c1-4-6-8-12-28-13-10-21(29)18-35(28)23(15-28)24(26(30)31)27(37)33-22-17-32-16-20(9-7-5-2)25(22)36-14-11-19(3)34-36/h10,13,19,21-24,26,32,34H,4-9,11-12,14-18,30-31H2,1-3H3,(H,33,37). The first-order valence-corrected chi connectivity index (χ1v) is 14.7. The van der Waals surface area contributed by atoms with E-state index >= 15 is 0 Å². The molecule has 1 amide bonds. The molecule has 0 aliphatic carbocycles. The van der Waals surface area contributed by atoms with Gasteiger partial charge in [-0.25, -0.2) is 9.82 Å². The van der Waals surface area contributed by atoms with Gasteiger partial charge in [-0.3, -0.25) is 9.69 Å². The summed E-state index contributed by atoms with van der Waals surface area (Å²) in [5.41, 5.74) is 18.5. The van der Waals surface area contributed by atoms with Crippen LogP contribution in [0.25, 0.3) is 0 Å². The lowest BCUT2D eigenvalue weighted by Gasteiger charge is -2.61.